The number of fused-ring (bicyclic) bond motifs is 3. The molecule has 0 saturated heterocycles. The third kappa shape index (κ3) is 5.16. The molecule has 0 unspecified atom stereocenters. The number of carbonyl (C=O) groups is 1. The van der Waals surface area contributed by atoms with Crippen molar-refractivity contribution in [2.45, 2.75) is 19.4 Å². The largest absolute Gasteiger partial charge is 0.493 e. The second-order valence-corrected chi connectivity index (χ2v) is 10.2. The first kappa shape index (κ1) is 25.1. The van der Waals surface area contributed by atoms with Crippen molar-refractivity contribution in [2.24, 2.45) is 5.41 Å². The number of para-hydroxylation sites is 1. The first-order valence-corrected chi connectivity index (χ1v) is 12.6. The van der Waals surface area contributed by atoms with E-state index in [-0.39, 0.29) is 19.8 Å². The van der Waals surface area contributed by atoms with Crippen LogP contribution in [0.1, 0.15) is 29.8 Å². The summed E-state index contributed by atoms with van der Waals surface area (Å²) in [7, 11) is 0. The van der Waals surface area contributed by atoms with Gasteiger partial charge in [0.2, 0.25) is 0 Å². The van der Waals surface area contributed by atoms with Gasteiger partial charge in [-0.3, -0.25) is 4.90 Å². The van der Waals surface area contributed by atoms with E-state index in [4.69, 9.17) is 21.1 Å². The average molecular weight is 521 g/mol. The Kier molecular flexibility index (Phi) is 7.11. The highest BCUT2D eigenvalue weighted by atomic mass is 35.5. The maximum absolute atomic E-state index is 13.4. The monoisotopic (exact) mass is 520 g/mol. The van der Waals surface area contributed by atoms with Gasteiger partial charge in [0.15, 0.2) is 0 Å². The van der Waals surface area contributed by atoms with Crippen LogP contribution in [-0.4, -0.2) is 52.6 Å². The molecule has 0 aliphatic carbocycles. The third-order valence-corrected chi connectivity index (χ3v) is 7.05. The molecule has 37 heavy (non-hydrogen) atoms. The first-order chi connectivity index (χ1) is 17.9. The number of rotatable bonds is 7. The van der Waals surface area contributed by atoms with Crippen molar-refractivity contribution in [3.8, 4) is 11.5 Å². The number of H-pyrrole nitrogens is 1. The lowest BCUT2D eigenvalue weighted by molar-refractivity contribution is 0.0287. The van der Waals surface area contributed by atoms with Crippen molar-refractivity contribution in [2.75, 3.05) is 26.4 Å². The summed E-state index contributed by atoms with van der Waals surface area (Å²) in [5.74, 6) is 1.09. The number of benzene rings is 3. The summed E-state index contributed by atoms with van der Waals surface area (Å²) in [5, 5.41) is 20.8. The molecular weight excluding hydrogens is 492 g/mol. The van der Waals surface area contributed by atoms with E-state index in [0.29, 0.717) is 29.5 Å². The number of hydrogen-bond donors (Lipinski definition) is 3. The minimum absolute atomic E-state index is 0.172. The molecule has 5 rings (SSSR count). The van der Waals surface area contributed by atoms with Gasteiger partial charge in [-0.25, -0.2) is 4.79 Å². The number of amides is 1. The second kappa shape index (κ2) is 10.5. The van der Waals surface area contributed by atoms with Gasteiger partial charge in [-0.2, -0.15) is 0 Å². The van der Waals surface area contributed by atoms with Gasteiger partial charge in [-0.15, -0.1) is 0 Å². The number of ether oxygens (including phenoxy) is 2. The Morgan fingerprint density at radius 2 is 1.78 bits per heavy atom. The van der Waals surface area contributed by atoms with Crippen molar-refractivity contribution < 1.29 is 24.5 Å². The predicted octanol–water partition coefficient (Wildman–Crippen LogP) is 5.34. The van der Waals surface area contributed by atoms with Gasteiger partial charge in [0.1, 0.15) is 17.5 Å². The van der Waals surface area contributed by atoms with Gasteiger partial charge in [0.05, 0.1) is 19.8 Å². The van der Waals surface area contributed by atoms with E-state index in [0.717, 1.165) is 27.7 Å². The summed E-state index contributed by atoms with van der Waals surface area (Å²) < 4.78 is 11.5. The molecule has 7 nitrogen and oxygen atoms in total. The van der Waals surface area contributed by atoms with E-state index in [2.05, 4.69) is 4.98 Å². The van der Waals surface area contributed by atoms with E-state index in [9.17, 15) is 15.0 Å². The number of nitrogens with zero attached hydrogens (tertiary/aromatic N) is 1. The molecule has 2 heterocycles. The minimum atomic E-state index is -0.736. The molecular formula is C29H29ClN2O5. The van der Waals surface area contributed by atoms with E-state index < -0.39 is 17.6 Å². The smallest absolute Gasteiger partial charge is 0.416 e. The van der Waals surface area contributed by atoms with Crippen LogP contribution in [0.25, 0.3) is 10.9 Å². The summed E-state index contributed by atoms with van der Waals surface area (Å²) in [5.41, 5.74) is 3.18. The van der Waals surface area contributed by atoms with E-state index in [1.807, 2.05) is 60.7 Å². The van der Waals surface area contributed by atoms with Crippen LogP contribution < -0.4 is 9.47 Å². The van der Waals surface area contributed by atoms with Crippen LogP contribution >= 0.6 is 11.6 Å². The minimum Gasteiger partial charge on any atom is -0.493 e. The number of nitrogens with one attached hydrogen (secondary N) is 1. The third-order valence-electron chi connectivity index (χ3n) is 6.82. The van der Waals surface area contributed by atoms with Crippen LogP contribution in [0.5, 0.6) is 11.5 Å². The Morgan fingerprint density at radius 1 is 1.05 bits per heavy atom. The molecule has 8 heteroatoms. The van der Waals surface area contributed by atoms with Crippen molar-refractivity contribution in [3.63, 3.8) is 0 Å². The highest BCUT2D eigenvalue weighted by molar-refractivity contribution is 6.31. The molecule has 1 atom stereocenters. The highest BCUT2D eigenvalue weighted by Gasteiger charge is 2.36. The molecule has 0 fully saturated rings. The lowest BCUT2D eigenvalue weighted by Crippen LogP contribution is -2.42. The average Bonchev–Trinajstić information content (AvgIpc) is 3.30. The zero-order valence-electron chi connectivity index (χ0n) is 20.5. The summed E-state index contributed by atoms with van der Waals surface area (Å²) in [6, 6.07) is 21.9. The maximum Gasteiger partial charge on any atom is 0.416 e. The SMILES string of the molecule is CC(CO)(CO)COc1ccc([C@H]2c3[nH]c4ccc(Cl)cc4c3CCN2C(=O)Oc2ccccc2)cc1. The fourth-order valence-corrected chi connectivity index (χ4v) is 4.77. The van der Waals surface area contributed by atoms with Crippen LogP contribution in [0, 0.1) is 5.41 Å². The molecule has 1 aliphatic heterocycles. The highest BCUT2D eigenvalue weighted by Crippen LogP contribution is 2.40. The normalized spacial score (nSPS) is 15.5. The van der Waals surface area contributed by atoms with Crippen LogP contribution in [0.2, 0.25) is 5.02 Å². The number of aromatic nitrogens is 1. The Balaban J connectivity index is 1.48. The van der Waals surface area contributed by atoms with Gasteiger partial charge < -0.3 is 24.7 Å². The molecule has 0 bridgehead atoms. The Morgan fingerprint density at radius 3 is 2.49 bits per heavy atom. The molecule has 1 aliphatic rings. The molecule has 192 valence electrons. The van der Waals surface area contributed by atoms with E-state index >= 15 is 0 Å². The van der Waals surface area contributed by atoms with Gasteiger partial charge in [0, 0.05) is 33.6 Å². The number of aromatic amines is 1. The standard InChI is InChI=1S/C29H29ClN2O5/c1-29(16-33,17-34)18-36-21-10-7-19(8-11-21)27-26-23(24-15-20(30)9-12-25(24)31-26)13-14-32(27)28(35)37-22-5-3-2-4-6-22/h2-12,15,27,31,33-34H,13-14,16-18H2,1H3/t27-/m0/s1. The molecule has 0 spiro atoms. The van der Waals surface area contributed by atoms with Gasteiger partial charge >= 0.3 is 6.09 Å². The van der Waals surface area contributed by atoms with Crippen LogP contribution in [-0.2, 0) is 6.42 Å². The van der Waals surface area contributed by atoms with Gasteiger partial charge in [0.25, 0.3) is 0 Å². The maximum atomic E-state index is 13.4. The Hall–Kier alpha value is -3.52. The molecule has 0 radical (unpaired) electrons. The topological polar surface area (TPSA) is 95.0 Å². The molecule has 4 aromatic rings. The van der Waals surface area contributed by atoms with Crippen molar-refractivity contribution in [1.82, 2.24) is 9.88 Å². The lowest BCUT2D eigenvalue weighted by atomic mass is 9.92. The summed E-state index contributed by atoms with van der Waals surface area (Å²) >= 11 is 6.30. The van der Waals surface area contributed by atoms with Gasteiger partial charge in [-0.05, 0) is 60.0 Å². The zero-order chi connectivity index (χ0) is 26.0. The predicted molar refractivity (Wildman–Crippen MR) is 142 cm³/mol. The van der Waals surface area contributed by atoms with Crippen molar-refractivity contribution in [3.05, 3.63) is 94.6 Å². The van der Waals surface area contributed by atoms with Gasteiger partial charge in [-0.1, -0.05) is 48.9 Å². The quantitative estimate of drug-likeness (QED) is 0.306. The second-order valence-electron chi connectivity index (χ2n) is 9.72. The van der Waals surface area contributed by atoms with Crippen LogP contribution in [0.15, 0.2) is 72.8 Å². The summed E-state index contributed by atoms with van der Waals surface area (Å²) in [6.07, 6.45) is 0.235. The molecule has 3 N–H and O–H groups in total. The molecule has 0 saturated carbocycles. The Labute approximate surface area is 220 Å². The number of hydrogen-bond acceptors (Lipinski definition) is 5. The molecule has 1 aromatic heterocycles. The molecule has 3 aromatic carbocycles. The lowest BCUT2D eigenvalue weighted by Gasteiger charge is -2.35. The van der Waals surface area contributed by atoms with Crippen molar-refractivity contribution >= 4 is 28.6 Å². The number of halogens is 1. The van der Waals surface area contributed by atoms with E-state index in [1.54, 1.807) is 24.0 Å². The fourth-order valence-electron chi connectivity index (χ4n) is 4.60. The fraction of sp³-hybridized carbons (Fsp3) is 0.276. The zero-order valence-corrected chi connectivity index (χ0v) is 21.2. The summed E-state index contributed by atoms with van der Waals surface area (Å²) in [4.78, 5) is 18.6. The number of aliphatic hydroxyl groups is 2. The Bertz CT molecular complexity index is 1380. The van der Waals surface area contributed by atoms with Crippen LogP contribution in [0.4, 0.5) is 4.79 Å². The number of carbonyl (C=O) groups excluding carboxylic acids is 1. The first-order valence-electron chi connectivity index (χ1n) is 12.2. The van der Waals surface area contributed by atoms with Crippen molar-refractivity contribution in [1.29, 1.82) is 0 Å². The summed E-state index contributed by atoms with van der Waals surface area (Å²) in [6.45, 7) is 2.03. The van der Waals surface area contributed by atoms with Crippen LogP contribution in [0.3, 0.4) is 0 Å². The molecule has 1 amide bonds. The number of aliphatic hydroxyl groups excluding tert-OH is 2. The van der Waals surface area contributed by atoms with E-state index in [1.165, 1.54) is 0 Å².